The van der Waals surface area contributed by atoms with Gasteiger partial charge >= 0.3 is 0 Å². The van der Waals surface area contributed by atoms with Crippen LogP contribution in [0.15, 0.2) is 18.3 Å². The normalized spacial score (nSPS) is 15.2. The summed E-state index contributed by atoms with van der Waals surface area (Å²) in [7, 11) is 0. The number of hydrogen-bond acceptors (Lipinski definition) is 4. The third-order valence-electron chi connectivity index (χ3n) is 2.38. The molecule has 1 aromatic rings. The van der Waals surface area contributed by atoms with Crippen LogP contribution < -0.4 is 10.9 Å². The van der Waals surface area contributed by atoms with Crippen LogP contribution in [0.3, 0.4) is 0 Å². The van der Waals surface area contributed by atoms with Gasteiger partial charge in [0.1, 0.15) is 5.82 Å². The van der Waals surface area contributed by atoms with Crippen molar-refractivity contribution in [2.24, 2.45) is 11.8 Å². The van der Waals surface area contributed by atoms with Gasteiger partial charge in [-0.25, -0.2) is 10.8 Å². The lowest BCUT2D eigenvalue weighted by Gasteiger charge is -2.16. The molecule has 4 nitrogen and oxygen atoms in total. The van der Waals surface area contributed by atoms with Gasteiger partial charge in [-0.1, -0.05) is 0 Å². The van der Waals surface area contributed by atoms with Crippen LogP contribution in [0.1, 0.15) is 18.4 Å². The van der Waals surface area contributed by atoms with Gasteiger partial charge in [0.25, 0.3) is 0 Å². The molecule has 1 heterocycles. The predicted molar refractivity (Wildman–Crippen MR) is 56.4 cm³/mol. The Hall–Kier alpha value is -1.42. The van der Waals surface area contributed by atoms with Gasteiger partial charge in [0, 0.05) is 24.5 Å². The fraction of sp³-hybridized carbons (Fsp3) is 0.400. The van der Waals surface area contributed by atoms with E-state index in [1.54, 1.807) is 11.2 Å². The van der Waals surface area contributed by atoms with Crippen LogP contribution in [0, 0.1) is 11.3 Å². The highest BCUT2D eigenvalue weighted by Crippen LogP contribution is 2.29. The average Bonchev–Trinajstić information content (AvgIpc) is 3.02. The average molecular weight is 190 g/mol. The van der Waals surface area contributed by atoms with Crippen molar-refractivity contribution >= 4 is 12.0 Å². The van der Waals surface area contributed by atoms with Crippen molar-refractivity contribution in [3.05, 3.63) is 23.9 Å². The maximum absolute atomic E-state index is 7.03. The number of rotatable bonds is 4. The molecule has 74 valence electrons. The zero-order valence-electron chi connectivity index (χ0n) is 7.98. The van der Waals surface area contributed by atoms with Crippen LogP contribution in [0.25, 0.3) is 0 Å². The Bertz CT molecular complexity index is 315. The highest BCUT2D eigenvalue weighted by molar-refractivity contribution is 5.76. The molecule has 0 bridgehead atoms. The summed E-state index contributed by atoms with van der Waals surface area (Å²) in [6.07, 6.45) is 5.51. The number of hydrogen-bond donors (Lipinski definition) is 2. The number of nitrogens with zero attached hydrogens (tertiary/aromatic N) is 2. The third kappa shape index (κ3) is 2.09. The summed E-state index contributed by atoms with van der Waals surface area (Å²) in [6.45, 7) is 0.886. The molecule has 1 fully saturated rings. The zero-order valence-corrected chi connectivity index (χ0v) is 7.98. The van der Waals surface area contributed by atoms with Crippen molar-refractivity contribution in [2.45, 2.75) is 12.8 Å². The van der Waals surface area contributed by atoms with E-state index in [4.69, 9.17) is 11.3 Å². The first-order chi connectivity index (χ1) is 6.79. The highest BCUT2D eigenvalue weighted by Gasteiger charge is 2.23. The molecule has 0 amide bonds. The molecule has 0 unspecified atom stereocenters. The zero-order chi connectivity index (χ0) is 9.97. The second-order valence-electron chi connectivity index (χ2n) is 3.69. The quantitative estimate of drug-likeness (QED) is 0.425. The molecule has 0 aliphatic heterocycles. The van der Waals surface area contributed by atoms with E-state index in [1.165, 1.54) is 19.1 Å². The van der Waals surface area contributed by atoms with E-state index in [0.717, 1.165) is 23.8 Å². The smallest absolute Gasteiger partial charge is 0.142 e. The molecule has 4 heteroatoms. The minimum absolute atomic E-state index is 0.754. The molecule has 1 aromatic heterocycles. The number of nitrogens with one attached hydrogen (secondary N) is 1. The summed E-state index contributed by atoms with van der Waals surface area (Å²) in [5.41, 5.74) is 0.800. The number of hydrazine groups is 1. The molecule has 0 aromatic carbocycles. The predicted octanol–water partition coefficient (Wildman–Crippen LogP) is 1.17. The summed E-state index contributed by atoms with van der Waals surface area (Å²) in [4.78, 5) is 4.18. The first-order valence-corrected chi connectivity index (χ1v) is 4.78. The van der Waals surface area contributed by atoms with Crippen molar-refractivity contribution in [3.63, 3.8) is 0 Å². The lowest BCUT2D eigenvalue weighted by molar-refractivity contribution is 0.740. The van der Waals surface area contributed by atoms with Crippen molar-refractivity contribution in [2.75, 3.05) is 11.6 Å². The molecule has 14 heavy (non-hydrogen) atoms. The minimum atomic E-state index is 0.754. The first-order valence-electron chi connectivity index (χ1n) is 4.78. The van der Waals surface area contributed by atoms with Gasteiger partial charge in [0.05, 0.1) is 0 Å². The fourth-order valence-electron chi connectivity index (χ4n) is 1.32. The maximum Gasteiger partial charge on any atom is 0.142 e. The van der Waals surface area contributed by atoms with Crippen LogP contribution in [-0.2, 0) is 0 Å². The highest BCUT2D eigenvalue weighted by atomic mass is 15.4. The van der Waals surface area contributed by atoms with Crippen LogP contribution in [0.5, 0.6) is 0 Å². The summed E-state index contributed by atoms with van der Waals surface area (Å²) in [5.74, 6) is 7.38. The van der Waals surface area contributed by atoms with Crippen LogP contribution in [0.2, 0.25) is 0 Å². The van der Waals surface area contributed by atoms with Gasteiger partial charge in [-0.05, 0) is 30.9 Å². The van der Waals surface area contributed by atoms with Gasteiger partial charge in [0.2, 0.25) is 0 Å². The number of aromatic nitrogens is 1. The third-order valence-corrected chi connectivity index (χ3v) is 2.38. The molecule has 3 N–H and O–H groups in total. The molecule has 0 atom stereocenters. The maximum atomic E-state index is 7.03. The van der Waals surface area contributed by atoms with Gasteiger partial charge in [-0.3, -0.25) is 5.01 Å². The van der Waals surface area contributed by atoms with E-state index < -0.39 is 0 Å². The van der Waals surface area contributed by atoms with Crippen LogP contribution in [-0.4, -0.2) is 17.7 Å². The summed E-state index contributed by atoms with van der Waals surface area (Å²) >= 11 is 0. The molecule has 0 spiro atoms. The van der Waals surface area contributed by atoms with Crippen LogP contribution >= 0.6 is 0 Å². The Balaban J connectivity index is 2.02. The fourth-order valence-corrected chi connectivity index (χ4v) is 1.32. The summed E-state index contributed by atoms with van der Waals surface area (Å²) in [6, 6.07) is 3.70. The molecule has 1 aliphatic rings. The Morgan fingerprint density at radius 2 is 2.36 bits per heavy atom. The van der Waals surface area contributed by atoms with Gasteiger partial charge in [0.15, 0.2) is 0 Å². The van der Waals surface area contributed by atoms with Gasteiger partial charge in [-0.15, -0.1) is 0 Å². The molecule has 0 radical (unpaired) electrons. The summed E-state index contributed by atoms with van der Waals surface area (Å²) in [5, 5.41) is 8.72. The number of nitrogens with two attached hydrogens (primary N) is 1. The second-order valence-corrected chi connectivity index (χ2v) is 3.69. The number of anilines is 1. The molecule has 0 saturated heterocycles. The van der Waals surface area contributed by atoms with E-state index in [0.29, 0.717) is 0 Å². The monoisotopic (exact) mass is 190 g/mol. The largest absolute Gasteiger partial charge is 0.308 e. The molecule has 2 rings (SSSR count). The summed E-state index contributed by atoms with van der Waals surface area (Å²) < 4.78 is 0. The molecular formula is C10H14N4. The van der Waals surface area contributed by atoms with E-state index >= 15 is 0 Å². The molecular weight excluding hydrogens is 176 g/mol. The lowest BCUT2D eigenvalue weighted by Crippen LogP contribution is -2.33. The van der Waals surface area contributed by atoms with Gasteiger partial charge < -0.3 is 5.41 Å². The van der Waals surface area contributed by atoms with Crippen molar-refractivity contribution < 1.29 is 0 Å². The second kappa shape index (κ2) is 3.75. The van der Waals surface area contributed by atoms with Crippen molar-refractivity contribution in [1.82, 2.24) is 4.98 Å². The standard InChI is InChI=1S/C10H14N4/c11-5-9-3-4-10(13-6-9)14(12)7-8-1-2-8/h3-6,8,11H,1-2,7,12H2. The van der Waals surface area contributed by atoms with E-state index in [1.807, 2.05) is 12.1 Å². The van der Waals surface area contributed by atoms with E-state index in [9.17, 15) is 0 Å². The van der Waals surface area contributed by atoms with E-state index in [-0.39, 0.29) is 0 Å². The molecule has 1 aliphatic carbocycles. The Morgan fingerprint density at radius 1 is 1.57 bits per heavy atom. The Kier molecular flexibility index (Phi) is 2.45. The molecule has 1 saturated carbocycles. The minimum Gasteiger partial charge on any atom is -0.308 e. The van der Waals surface area contributed by atoms with Crippen molar-refractivity contribution in [3.8, 4) is 0 Å². The van der Waals surface area contributed by atoms with Crippen molar-refractivity contribution in [1.29, 1.82) is 5.41 Å². The first kappa shape index (κ1) is 9.15. The Labute approximate surface area is 83.2 Å². The van der Waals surface area contributed by atoms with Gasteiger partial charge in [-0.2, -0.15) is 0 Å². The Morgan fingerprint density at radius 3 is 2.86 bits per heavy atom. The van der Waals surface area contributed by atoms with E-state index in [2.05, 4.69) is 4.98 Å². The SMILES string of the molecule is N=Cc1ccc(N(N)CC2CC2)nc1. The number of pyridine rings is 1. The van der Waals surface area contributed by atoms with Crippen LogP contribution in [0.4, 0.5) is 5.82 Å². The lowest BCUT2D eigenvalue weighted by atomic mass is 10.3. The topological polar surface area (TPSA) is 66.0 Å².